The molecule has 1 fully saturated rings. The molecule has 0 aliphatic carbocycles. The van der Waals surface area contributed by atoms with Crippen molar-refractivity contribution in [2.75, 3.05) is 13.3 Å². The molecule has 7 nitrogen and oxygen atoms in total. The summed E-state index contributed by atoms with van der Waals surface area (Å²) < 4.78 is 9.17. The van der Waals surface area contributed by atoms with Crippen LogP contribution in [0, 0.1) is 0 Å². The largest absolute Gasteiger partial charge is 0.465 e. The SMILES string of the molecule is C=CCOC(=O)CC1C(=O)OCN1C(=O)O. The topological polar surface area (TPSA) is 93.1 Å². The van der Waals surface area contributed by atoms with Gasteiger partial charge in [-0.25, -0.2) is 9.59 Å². The lowest BCUT2D eigenvalue weighted by molar-refractivity contribution is -0.147. The molecule has 88 valence electrons. The number of nitrogens with zero attached hydrogens (tertiary/aromatic N) is 1. The summed E-state index contributed by atoms with van der Waals surface area (Å²) in [5.41, 5.74) is 0. The van der Waals surface area contributed by atoms with E-state index in [1.807, 2.05) is 0 Å². The van der Waals surface area contributed by atoms with Gasteiger partial charge in [0.1, 0.15) is 12.6 Å². The maximum Gasteiger partial charge on any atom is 0.410 e. The minimum absolute atomic E-state index is 0.0215. The van der Waals surface area contributed by atoms with Gasteiger partial charge >= 0.3 is 18.0 Å². The average molecular weight is 229 g/mol. The van der Waals surface area contributed by atoms with Crippen molar-refractivity contribution in [1.29, 1.82) is 0 Å². The van der Waals surface area contributed by atoms with Gasteiger partial charge in [0.25, 0.3) is 0 Å². The van der Waals surface area contributed by atoms with Crippen LogP contribution in [0.25, 0.3) is 0 Å². The fourth-order valence-corrected chi connectivity index (χ4v) is 1.20. The highest BCUT2D eigenvalue weighted by atomic mass is 16.6. The lowest BCUT2D eigenvalue weighted by Crippen LogP contribution is -2.38. The number of carboxylic acid groups (broad SMARTS) is 1. The minimum Gasteiger partial charge on any atom is -0.465 e. The molecule has 0 spiro atoms. The van der Waals surface area contributed by atoms with Crippen LogP contribution in [0.1, 0.15) is 6.42 Å². The molecule has 1 rings (SSSR count). The van der Waals surface area contributed by atoms with Crippen LogP contribution in [-0.4, -0.2) is 47.4 Å². The summed E-state index contributed by atoms with van der Waals surface area (Å²) >= 11 is 0. The molecule has 0 saturated carbocycles. The number of carbonyl (C=O) groups is 3. The molecule has 16 heavy (non-hydrogen) atoms. The van der Waals surface area contributed by atoms with Crippen molar-refractivity contribution in [2.24, 2.45) is 0 Å². The van der Waals surface area contributed by atoms with Gasteiger partial charge in [-0.3, -0.25) is 9.69 Å². The van der Waals surface area contributed by atoms with Crippen LogP contribution in [-0.2, 0) is 19.1 Å². The van der Waals surface area contributed by atoms with E-state index in [-0.39, 0.29) is 19.8 Å². The Morgan fingerprint density at radius 2 is 2.38 bits per heavy atom. The van der Waals surface area contributed by atoms with Crippen molar-refractivity contribution >= 4 is 18.0 Å². The van der Waals surface area contributed by atoms with Crippen molar-refractivity contribution in [1.82, 2.24) is 4.90 Å². The van der Waals surface area contributed by atoms with Gasteiger partial charge in [-0.15, -0.1) is 0 Å². The molecule has 0 aromatic heterocycles. The molecule has 1 aliphatic rings. The van der Waals surface area contributed by atoms with E-state index in [0.717, 1.165) is 4.90 Å². The second-order valence-corrected chi connectivity index (χ2v) is 3.04. The molecule has 1 atom stereocenters. The van der Waals surface area contributed by atoms with Crippen molar-refractivity contribution in [2.45, 2.75) is 12.5 Å². The predicted molar refractivity (Wildman–Crippen MR) is 50.4 cm³/mol. The molecule has 1 amide bonds. The van der Waals surface area contributed by atoms with Gasteiger partial charge in [-0.1, -0.05) is 12.7 Å². The zero-order valence-electron chi connectivity index (χ0n) is 8.42. The molecule has 1 heterocycles. The van der Waals surface area contributed by atoms with Gasteiger partial charge in [0.2, 0.25) is 0 Å². The van der Waals surface area contributed by atoms with Gasteiger partial charge in [0.05, 0.1) is 6.42 Å². The van der Waals surface area contributed by atoms with Gasteiger partial charge in [0.15, 0.2) is 6.73 Å². The molecule has 1 unspecified atom stereocenters. The Kier molecular flexibility index (Phi) is 3.87. The smallest absolute Gasteiger partial charge is 0.410 e. The van der Waals surface area contributed by atoms with E-state index >= 15 is 0 Å². The summed E-state index contributed by atoms with van der Waals surface area (Å²) in [6, 6.07) is -1.12. The normalized spacial score (nSPS) is 19.1. The van der Waals surface area contributed by atoms with Crippen molar-refractivity contribution in [3.63, 3.8) is 0 Å². The van der Waals surface area contributed by atoms with Crippen molar-refractivity contribution in [3.05, 3.63) is 12.7 Å². The molecular weight excluding hydrogens is 218 g/mol. The van der Waals surface area contributed by atoms with E-state index in [9.17, 15) is 14.4 Å². The summed E-state index contributed by atoms with van der Waals surface area (Å²) in [7, 11) is 0. The molecule has 0 radical (unpaired) electrons. The standard InChI is InChI=1S/C9H11NO6/c1-2-3-15-7(11)4-6-8(12)16-5-10(6)9(13)14/h2,6H,1,3-5H2,(H,13,14). The Balaban J connectivity index is 2.56. The molecule has 0 aromatic carbocycles. The third-order valence-electron chi connectivity index (χ3n) is 1.96. The number of carbonyl (C=O) groups excluding carboxylic acids is 2. The zero-order chi connectivity index (χ0) is 12.1. The monoisotopic (exact) mass is 229 g/mol. The first-order chi connectivity index (χ1) is 7.56. The summed E-state index contributed by atoms with van der Waals surface area (Å²) in [4.78, 5) is 33.7. The van der Waals surface area contributed by atoms with E-state index in [0.29, 0.717) is 0 Å². The van der Waals surface area contributed by atoms with E-state index in [4.69, 9.17) is 5.11 Å². The third kappa shape index (κ3) is 2.72. The second-order valence-electron chi connectivity index (χ2n) is 3.04. The number of hydrogen-bond acceptors (Lipinski definition) is 5. The first kappa shape index (κ1) is 12.0. The minimum atomic E-state index is -1.31. The van der Waals surface area contributed by atoms with E-state index in [2.05, 4.69) is 16.1 Å². The third-order valence-corrected chi connectivity index (χ3v) is 1.96. The van der Waals surface area contributed by atoms with Crippen LogP contribution in [0.15, 0.2) is 12.7 Å². The molecule has 1 aliphatic heterocycles. The average Bonchev–Trinajstić information content (AvgIpc) is 2.58. The predicted octanol–water partition coefficient (Wildman–Crippen LogP) is -0.0314. The molecule has 1 saturated heterocycles. The van der Waals surface area contributed by atoms with Crippen LogP contribution in [0.4, 0.5) is 4.79 Å². The van der Waals surface area contributed by atoms with E-state index in [1.54, 1.807) is 0 Å². The lowest BCUT2D eigenvalue weighted by Gasteiger charge is -2.15. The maximum atomic E-state index is 11.2. The number of esters is 2. The number of ether oxygens (including phenoxy) is 2. The summed E-state index contributed by atoms with van der Waals surface area (Å²) in [5.74, 6) is -1.41. The Labute approximate surface area is 91.2 Å². The molecular formula is C9H11NO6. The van der Waals surface area contributed by atoms with Crippen LogP contribution in [0.2, 0.25) is 0 Å². The highest BCUT2D eigenvalue weighted by Crippen LogP contribution is 2.15. The van der Waals surface area contributed by atoms with Crippen molar-refractivity contribution < 1.29 is 29.0 Å². The Hall–Kier alpha value is -2.05. The van der Waals surface area contributed by atoms with Crippen LogP contribution >= 0.6 is 0 Å². The fraction of sp³-hybridized carbons (Fsp3) is 0.444. The summed E-state index contributed by atoms with van der Waals surface area (Å²) in [6.07, 6.45) is -0.286. The van der Waals surface area contributed by atoms with Gasteiger partial charge in [0, 0.05) is 0 Å². The number of amides is 1. The van der Waals surface area contributed by atoms with Gasteiger partial charge in [-0.2, -0.15) is 0 Å². The van der Waals surface area contributed by atoms with Crippen molar-refractivity contribution in [3.8, 4) is 0 Å². The molecule has 1 N–H and O–H groups in total. The van der Waals surface area contributed by atoms with Crippen LogP contribution in [0.5, 0.6) is 0 Å². The summed E-state index contributed by atoms with van der Waals surface area (Å²) in [6.45, 7) is 3.02. The van der Waals surface area contributed by atoms with Crippen LogP contribution in [0.3, 0.4) is 0 Å². The Bertz CT molecular complexity index is 326. The molecule has 0 bridgehead atoms. The number of hydrogen-bond donors (Lipinski definition) is 1. The fourth-order valence-electron chi connectivity index (χ4n) is 1.20. The van der Waals surface area contributed by atoms with Gasteiger partial charge in [-0.05, 0) is 0 Å². The highest BCUT2D eigenvalue weighted by Gasteiger charge is 2.39. The van der Waals surface area contributed by atoms with Crippen LogP contribution < -0.4 is 0 Å². The number of rotatable bonds is 4. The summed E-state index contributed by atoms with van der Waals surface area (Å²) in [5, 5.41) is 8.72. The first-order valence-electron chi connectivity index (χ1n) is 4.49. The van der Waals surface area contributed by atoms with E-state index < -0.39 is 24.1 Å². The Morgan fingerprint density at radius 3 is 2.94 bits per heavy atom. The lowest BCUT2D eigenvalue weighted by atomic mass is 10.2. The van der Waals surface area contributed by atoms with Gasteiger partial charge < -0.3 is 14.6 Å². The maximum absolute atomic E-state index is 11.2. The van der Waals surface area contributed by atoms with E-state index in [1.165, 1.54) is 6.08 Å². The number of cyclic esters (lactones) is 1. The zero-order valence-corrected chi connectivity index (χ0v) is 8.42. The quantitative estimate of drug-likeness (QED) is 0.537. The highest BCUT2D eigenvalue weighted by molar-refractivity contribution is 5.87. The second kappa shape index (κ2) is 5.15. The first-order valence-corrected chi connectivity index (χ1v) is 4.49. The molecule has 0 aromatic rings. The molecule has 7 heteroatoms. The Morgan fingerprint density at radius 1 is 1.69 bits per heavy atom.